The molecule has 0 unspecified atom stereocenters. The van der Waals surface area contributed by atoms with Crippen molar-refractivity contribution < 1.29 is 9.15 Å². The van der Waals surface area contributed by atoms with E-state index in [1.807, 2.05) is 12.1 Å². The number of aromatic nitrogens is 1. The van der Waals surface area contributed by atoms with Crippen LogP contribution >= 0.6 is 22.6 Å². The highest BCUT2D eigenvalue weighted by Crippen LogP contribution is 2.26. The number of methoxy groups -OCH3 is 1. The van der Waals surface area contributed by atoms with Gasteiger partial charge in [-0.1, -0.05) is 12.1 Å². The second-order valence-corrected chi connectivity index (χ2v) is 5.33. The monoisotopic (exact) mass is 372 g/mol. The predicted molar refractivity (Wildman–Crippen MR) is 83.0 cm³/mol. The van der Waals surface area contributed by atoms with E-state index in [1.54, 1.807) is 13.4 Å². The van der Waals surface area contributed by atoms with Crippen molar-refractivity contribution in [3.05, 3.63) is 39.3 Å². The van der Waals surface area contributed by atoms with Gasteiger partial charge in [0.15, 0.2) is 0 Å². The Morgan fingerprint density at radius 2 is 2.26 bits per heavy atom. The van der Waals surface area contributed by atoms with E-state index >= 15 is 0 Å². The van der Waals surface area contributed by atoms with E-state index in [1.165, 1.54) is 9.13 Å². The molecule has 0 aliphatic carbocycles. The van der Waals surface area contributed by atoms with Crippen LogP contribution in [0.3, 0.4) is 0 Å². The van der Waals surface area contributed by atoms with E-state index in [0.29, 0.717) is 19.0 Å². The Labute approximate surface area is 126 Å². The first-order valence-corrected chi connectivity index (χ1v) is 7.20. The average Bonchev–Trinajstić information content (AvgIpc) is 2.87. The van der Waals surface area contributed by atoms with E-state index in [2.05, 4.69) is 45.9 Å². The minimum absolute atomic E-state index is 0.677. The molecule has 0 saturated carbocycles. The Morgan fingerprint density at radius 3 is 3.05 bits per heavy atom. The van der Waals surface area contributed by atoms with Crippen molar-refractivity contribution in [3.8, 4) is 11.5 Å². The van der Waals surface area contributed by atoms with Gasteiger partial charge in [0.05, 0.1) is 17.9 Å². The Kier molecular flexibility index (Phi) is 5.35. The molecule has 2 aromatic rings. The molecular weight excluding hydrogens is 355 g/mol. The number of rotatable bonds is 6. The molecule has 0 aliphatic rings. The minimum Gasteiger partial charge on any atom is -0.444 e. The molecule has 0 aliphatic heterocycles. The summed E-state index contributed by atoms with van der Waals surface area (Å²) in [5, 5.41) is 3.24. The lowest BCUT2D eigenvalue weighted by Gasteiger charge is -2.02. The SMILES string of the molecule is COCCNCc1coc(-c2cccc(C)c2I)n1. The van der Waals surface area contributed by atoms with Crippen LogP contribution in [-0.4, -0.2) is 25.2 Å². The van der Waals surface area contributed by atoms with E-state index in [0.717, 1.165) is 17.8 Å². The zero-order valence-corrected chi connectivity index (χ0v) is 13.2. The summed E-state index contributed by atoms with van der Waals surface area (Å²) in [6.07, 6.45) is 1.70. The molecule has 1 aromatic carbocycles. The molecule has 19 heavy (non-hydrogen) atoms. The quantitative estimate of drug-likeness (QED) is 0.626. The van der Waals surface area contributed by atoms with Crippen LogP contribution in [0, 0.1) is 10.5 Å². The fraction of sp³-hybridized carbons (Fsp3) is 0.357. The molecule has 1 N–H and O–H groups in total. The van der Waals surface area contributed by atoms with Crippen LogP contribution in [0.25, 0.3) is 11.5 Å². The second-order valence-electron chi connectivity index (χ2n) is 4.25. The zero-order valence-electron chi connectivity index (χ0n) is 11.1. The highest BCUT2D eigenvalue weighted by molar-refractivity contribution is 14.1. The molecule has 4 nitrogen and oxygen atoms in total. The topological polar surface area (TPSA) is 47.3 Å². The first-order valence-electron chi connectivity index (χ1n) is 6.12. The van der Waals surface area contributed by atoms with Crippen LogP contribution in [0.1, 0.15) is 11.3 Å². The van der Waals surface area contributed by atoms with Crippen molar-refractivity contribution in [3.63, 3.8) is 0 Å². The predicted octanol–water partition coefficient (Wildman–Crippen LogP) is 2.99. The molecule has 5 heteroatoms. The molecule has 1 heterocycles. The number of nitrogens with one attached hydrogen (secondary N) is 1. The van der Waals surface area contributed by atoms with Crippen molar-refractivity contribution in [1.82, 2.24) is 10.3 Å². The summed E-state index contributed by atoms with van der Waals surface area (Å²) in [5.74, 6) is 0.677. The number of halogens is 1. The Hall–Kier alpha value is -0.920. The number of hydrogen-bond donors (Lipinski definition) is 1. The molecule has 0 radical (unpaired) electrons. The van der Waals surface area contributed by atoms with Crippen molar-refractivity contribution >= 4 is 22.6 Å². The maximum atomic E-state index is 5.56. The lowest BCUT2D eigenvalue weighted by atomic mass is 10.1. The van der Waals surface area contributed by atoms with Gasteiger partial charge in [0.1, 0.15) is 6.26 Å². The van der Waals surface area contributed by atoms with E-state index in [4.69, 9.17) is 9.15 Å². The maximum absolute atomic E-state index is 5.56. The minimum atomic E-state index is 0.677. The van der Waals surface area contributed by atoms with Crippen LogP contribution in [0.4, 0.5) is 0 Å². The first-order chi connectivity index (χ1) is 9.22. The average molecular weight is 372 g/mol. The summed E-state index contributed by atoms with van der Waals surface area (Å²) in [7, 11) is 1.69. The van der Waals surface area contributed by atoms with Crippen LogP contribution in [-0.2, 0) is 11.3 Å². The van der Waals surface area contributed by atoms with E-state index < -0.39 is 0 Å². The van der Waals surface area contributed by atoms with Crippen LogP contribution in [0.5, 0.6) is 0 Å². The number of benzene rings is 1. The number of oxazole rings is 1. The van der Waals surface area contributed by atoms with Crippen LogP contribution < -0.4 is 5.32 Å². The van der Waals surface area contributed by atoms with Gasteiger partial charge in [0.25, 0.3) is 0 Å². The van der Waals surface area contributed by atoms with Gasteiger partial charge in [-0.2, -0.15) is 0 Å². The standard InChI is InChI=1S/C14H17IN2O2/c1-10-4-3-5-12(13(10)15)14-17-11(9-19-14)8-16-6-7-18-2/h3-5,9,16H,6-8H2,1-2H3. The fourth-order valence-electron chi connectivity index (χ4n) is 1.72. The van der Waals surface area contributed by atoms with Crippen LogP contribution in [0.2, 0.25) is 0 Å². The van der Waals surface area contributed by atoms with Gasteiger partial charge in [-0.15, -0.1) is 0 Å². The molecule has 0 amide bonds. The Bertz CT molecular complexity index is 540. The number of aryl methyl sites for hydroxylation is 1. The largest absolute Gasteiger partial charge is 0.444 e. The number of ether oxygens (including phenoxy) is 1. The smallest absolute Gasteiger partial charge is 0.227 e. The summed E-state index contributed by atoms with van der Waals surface area (Å²) >= 11 is 2.33. The first kappa shape index (κ1) is 14.5. The van der Waals surface area contributed by atoms with Gasteiger partial charge < -0.3 is 14.5 Å². The molecule has 102 valence electrons. The van der Waals surface area contributed by atoms with Gasteiger partial charge in [-0.3, -0.25) is 0 Å². The van der Waals surface area contributed by atoms with E-state index in [9.17, 15) is 0 Å². The molecule has 0 atom stereocenters. The molecule has 0 fully saturated rings. The Balaban J connectivity index is 2.06. The lowest BCUT2D eigenvalue weighted by molar-refractivity contribution is 0.199. The zero-order chi connectivity index (χ0) is 13.7. The molecule has 1 aromatic heterocycles. The van der Waals surface area contributed by atoms with Crippen LogP contribution in [0.15, 0.2) is 28.9 Å². The van der Waals surface area contributed by atoms with Crippen molar-refractivity contribution in [2.75, 3.05) is 20.3 Å². The van der Waals surface area contributed by atoms with Gasteiger partial charge >= 0.3 is 0 Å². The highest BCUT2D eigenvalue weighted by Gasteiger charge is 2.11. The van der Waals surface area contributed by atoms with E-state index in [-0.39, 0.29) is 0 Å². The van der Waals surface area contributed by atoms with Crippen molar-refractivity contribution in [2.45, 2.75) is 13.5 Å². The second kappa shape index (κ2) is 7.02. The third-order valence-electron chi connectivity index (χ3n) is 2.76. The summed E-state index contributed by atoms with van der Waals surface area (Å²) < 4.78 is 11.7. The van der Waals surface area contributed by atoms with Gasteiger partial charge in [0, 0.05) is 23.8 Å². The third kappa shape index (κ3) is 3.77. The molecule has 0 bridgehead atoms. The summed E-state index contributed by atoms with van der Waals surface area (Å²) in [4.78, 5) is 4.51. The normalized spacial score (nSPS) is 10.9. The molecular formula is C14H17IN2O2. The van der Waals surface area contributed by atoms with Gasteiger partial charge in [-0.05, 0) is 41.1 Å². The van der Waals surface area contributed by atoms with Crippen molar-refractivity contribution in [1.29, 1.82) is 0 Å². The Morgan fingerprint density at radius 1 is 1.42 bits per heavy atom. The van der Waals surface area contributed by atoms with Crippen molar-refractivity contribution in [2.24, 2.45) is 0 Å². The third-order valence-corrected chi connectivity index (χ3v) is 4.19. The molecule has 0 saturated heterocycles. The number of hydrogen-bond acceptors (Lipinski definition) is 4. The maximum Gasteiger partial charge on any atom is 0.227 e. The fourth-order valence-corrected chi connectivity index (χ4v) is 2.31. The lowest BCUT2D eigenvalue weighted by Crippen LogP contribution is -2.18. The number of nitrogens with zero attached hydrogens (tertiary/aromatic N) is 1. The summed E-state index contributed by atoms with van der Waals surface area (Å²) in [5.41, 5.74) is 3.18. The highest BCUT2D eigenvalue weighted by atomic mass is 127. The molecule has 0 spiro atoms. The molecule has 2 rings (SSSR count). The summed E-state index contributed by atoms with van der Waals surface area (Å²) in [6, 6.07) is 6.14. The van der Waals surface area contributed by atoms with Gasteiger partial charge in [0.2, 0.25) is 5.89 Å². The summed E-state index contributed by atoms with van der Waals surface area (Å²) in [6.45, 7) is 4.28. The van der Waals surface area contributed by atoms with Gasteiger partial charge in [-0.25, -0.2) is 4.98 Å².